The highest BCUT2D eigenvalue weighted by Crippen LogP contribution is 2.49. The van der Waals surface area contributed by atoms with E-state index in [1.807, 2.05) is 0 Å². The van der Waals surface area contributed by atoms with Crippen LogP contribution in [0.5, 0.6) is 0 Å². The van der Waals surface area contributed by atoms with Crippen molar-refractivity contribution < 1.29 is 0 Å². The van der Waals surface area contributed by atoms with Gasteiger partial charge in [-0.05, 0) is 41.7 Å². The molecule has 2 aromatic rings. The molecule has 0 amide bonds. The molecule has 1 heterocycles. The third-order valence-electron chi connectivity index (χ3n) is 4.50. The van der Waals surface area contributed by atoms with Crippen LogP contribution in [-0.4, -0.2) is 0 Å². The van der Waals surface area contributed by atoms with Crippen molar-refractivity contribution in [3.05, 3.63) is 76.3 Å². The van der Waals surface area contributed by atoms with Crippen LogP contribution in [0.3, 0.4) is 0 Å². The molecule has 3 atom stereocenters. The predicted octanol–water partition coefficient (Wildman–Crippen LogP) is 5.28. The lowest BCUT2D eigenvalue weighted by Crippen LogP contribution is -2.28. The predicted molar refractivity (Wildman–Crippen MR) is 86.9 cm³/mol. The quantitative estimate of drug-likeness (QED) is 0.704. The molecule has 100 valence electrons. The molecule has 0 unspecified atom stereocenters. The molecular weight excluding hydrogens is 310 g/mol. The smallest absolute Gasteiger partial charge is 0.0553 e. The molecule has 0 saturated heterocycles. The highest BCUT2D eigenvalue weighted by molar-refractivity contribution is 9.10. The normalized spacial score (nSPS) is 26.8. The van der Waals surface area contributed by atoms with E-state index in [2.05, 4.69) is 81.9 Å². The van der Waals surface area contributed by atoms with Crippen LogP contribution in [0.1, 0.15) is 29.5 Å². The topological polar surface area (TPSA) is 12.0 Å². The molecule has 0 spiro atoms. The summed E-state index contributed by atoms with van der Waals surface area (Å²) in [6, 6.07) is 17.8. The van der Waals surface area contributed by atoms with Gasteiger partial charge in [0.2, 0.25) is 0 Å². The van der Waals surface area contributed by atoms with Crippen LogP contribution in [0, 0.1) is 5.92 Å². The monoisotopic (exact) mass is 325 g/mol. The number of rotatable bonds is 1. The van der Waals surface area contributed by atoms with Crippen LogP contribution in [0.2, 0.25) is 0 Å². The molecule has 2 aliphatic rings. The Morgan fingerprint density at radius 1 is 1.00 bits per heavy atom. The number of anilines is 1. The number of allylic oxidation sites excluding steroid dienone is 2. The number of hydrogen-bond donors (Lipinski definition) is 1. The summed E-state index contributed by atoms with van der Waals surface area (Å²) in [4.78, 5) is 0. The van der Waals surface area contributed by atoms with Crippen LogP contribution < -0.4 is 5.32 Å². The molecular formula is C18H16BrN. The zero-order valence-corrected chi connectivity index (χ0v) is 12.7. The molecule has 1 N–H and O–H groups in total. The molecule has 0 bridgehead atoms. The Morgan fingerprint density at radius 2 is 1.80 bits per heavy atom. The second-order valence-electron chi connectivity index (χ2n) is 5.61. The summed E-state index contributed by atoms with van der Waals surface area (Å²) in [5.41, 5.74) is 4.11. The molecule has 1 nitrogen and oxygen atoms in total. The Balaban J connectivity index is 1.77. The van der Waals surface area contributed by atoms with Crippen LogP contribution in [0.25, 0.3) is 0 Å². The fraction of sp³-hybridized carbons (Fsp3) is 0.222. The number of para-hydroxylation sites is 1. The van der Waals surface area contributed by atoms with Gasteiger partial charge in [0.05, 0.1) is 6.04 Å². The summed E-state index contributed by atoms with van der Waals surface area (Å²) in [6.07, 6.45) is 5.88. The second-order valence-corrected chi connectivity index (χ2v) is 6.53. The first-order chi connectivity index (χ1) is 9.83. The minimum atomic E-state index is 0.401. The Hall–Kier alpha value is -1.54. The largest absolute Gasteiger partial charge is 0.378 e. The highest BCUT2D eigenvalue weighted by Gasteiger charge is 2.37. The molecule has 2 heteroatoms. The first-order valence-electron chi connectivity index (χ1n) is 7.10. The fourth-order valence-corrected chi connectivity index (χ4v) is 3.81. The average molecular weight is 326 g/mol. The van der Waals surface area contributed by atoms with Crippen LogP contribution in [-0.2, 0) is 0 Å². The summed E-state index contributed by atoms with van der Waals surface area (Å²) < 4.78 is 1.14. The lowest BCUT2D eigenvalue weighted by atomic mass is 9.77. The second kappa shape index (κ2) is 4.78. The van der Waals surface area contributed by atoms with Gasteiger partial charge in [0, 0.05) is 16.1 Å². The van der Waals surface area contributed by atoms with Crippen molar-refractivity contribution in [3.8, 4) is 0 Å². The van der Waals surface area contributed by atoms with Gasteiger partial charge in [0.15, 0.2) is 0 Å². The van der Waals surface area contributed by atoms with Crippen LogP contribution in [0.15, 0.2) is 65.2 Å². The maximum atomic E-state index is 3.75. The van der Waals surface area contributed by atoms with E-state index in [0.29, 0.717) is 17.9 Å². The third kappa shape index (κ3) is 1.90. The van der Waals surface area contributed by atoms with Gasteiger partial charge in [-0.2, -0.15) is 0 Å². The number of fused-ring (bicyclic) bond motifs is 3. The van der Waals surface area contributed by atoms with Gasteiger partial charge in [-0.25, -0.2) is 0 Å². The van der Waals surface area contributed by atoms with E-state index >= 15 is 0 Å². The molecule has 2 aromatic carbocycles. The van der Waals surface area contributed by atoms with Crippen molar-refractivity contribution in [1.82, 2.24) is 0 Å². The highest BCUT2D eigenvalue weighted by atomic mass is 79.9. The van der Waals surface area contributed by atoms with Gasteiger partial charge in [-0.15, -0.1) is 0 Å². The van der Waals surface area contributed by atoms with Crippen molar-refractivity contribution in [3.63, 3.8) is 0 Å². The molecule has 4 rings (SSSR count). The van der Waals surface area contributed by atoms with Gasteiger partial charge in [0.1, 0.15) is 0 Å². The first kappa shape index (κ1) is 12.2. The van der Waals surface area contributed by atoms with E-state index in [9.17, 15) is 0 Å². The van der Waals surface area contributed by atoms with E-state index in [1.165, 1.54) is 16.8 Å². The van der Waals surface area contributed by atoms with Crippen molar-refractivity contribution in [2.24, 2.45) is 5.92 Å². The first-order valence-corrected chi connectivity index (χ1v) is 7.90. The molecule has 1 aliphatic carbocycles. The number of hydrogen-bond acceptors (Lipinski definition) is 1. The number of halogens is 1. The fourth-order valence-electron chi connectivity index (χ4n) is 3.54. The number of nitrogens with one attached hydrogen (secondary N) is 1. The lowest BCUT2D eigenvalue weighted by molar-refractivity contribution is 0.425. The Labute approximate surface area is 127 Å². The van der Waals surface area contributed by atoms with Crippen molar-refractivity contribution in [2.75, 3.05) is 5.32 Å². The van der Waals surface area contributed by atoms with Gasteiger partial charge in [-0.1, -0.05) is 58.4 Å². The Morgan fingerprint density at radius 3 is 2.65 bits per heavy atom. The molecule has 0 radical (unpaired) electrons. The third-order valence-corrected chi connectivity index (χ3v) is 5.03. The van der Waals surface area contributed by atoms with Crippen LogP contribution >= 0.6 is 15.9 Å². The molecule has 1 aliphatic heterocycles. The van der Waals surface area contributed by atoms with E-state index in [0.717, 1.165) is 10.9 Å². The summed E-state index contributed by atoms with van der Waals surface area (Å²) in [5, 5.41) is 3.75. The van der Waals surface area contributed by atoms with Gasteiger partial charge >= 0.3 is 0 Å². The molecule has 0 saturated carbocycles. The summed E-state index contributed by atoms with van der Waals surface area (Å²) in [7, 11) is 0. The summed E-state index contributed by atoms with van der Waals surface area (Å²) in [5.74, 6) is 1.19. The van der Waals surface area contributed by atoms with E-state index in [4.69, 9.17) is 0 Å². The number of benzene rings is 2. The van der Waals surface area contributed by atoms with Crippen LogP contribution in [0.4, 0.5) is 5.69 Å². The zero-order chi connectivity index (χ0) is 13.5. The molecule has 0 aromatic heterocycles. The van der Waals surface area contributed by atoms with Crippen molar-refractivity contribution in [2.45, 2.75) is 18.4 Å². The summed E-state index contributed by atoms with van der Waals surface area (Å²) in [6.45, 7) is 0. The standard InChI is InChI=1S/C18H16BrN/c19-13-10-8-12(9-11-13)18-16-6-3-5-14(16)15-4-1-2-7-17(15)20-18/h1-5,7-11,14,16,18,20H,6H2/t14-,16-,18-/m0/s1. The zero-order valence-electron chi connectivity index (χ0n) is 11.1. The van der Waals surface area contributed by atoms with Gasteiger partial charge in [0.25, 0.3) is 0 Å². The summed E-state index contributed by atoms with van der Waals surface area (Å²) >= 11 is 3.52. The Kier molecular flexibility index (Phi) is 2.92. The van der Waals surface area contributed by atoms with E-state index < -0.39 is 0 Å². The minimum absolute atomic E-state index is 0.401. The Bertz CT molecular complexity index is 659. The molecule has 20 heavy (non-hydrogen) atoms. The van der Waals surface area contributed by atoms with Gasteiger partial charge in [-0.3, -0.25) is 0 Å². The minimum Gasteiger partial charge on any atom is -0.378 e. The van der Waals surface area contributed by atoms with E-state index in [1.54, 1.807) is 0 Å². The van der Waals surface area contributed by atoms with E-state index in [-0.39, 0.29) is 0 Å². The maximum Gasteiger partial charge on any atom is 0.0553 e. The SMILES string of the molecule is Brc1ccc([C@@H]2Nc3ccccc3[C@@H]3C=CC[C@@H]32)cc1. The van der Waals surface area contributed by atoms with Gasteiger partial charge < -0.3 is 5.32 Å². The maximum absolute atomic E-state index is 3.75. The average Bonchev–Trinajstić information content (AvgIpc) is 2.97. The van der Waals surface area contributed by atoms with Crippen molar-refractivity contribution >= 4 is 21.6 Å². The molecule has 0 fully saturated rings. The van der Waals surface area contributed by atoms with Crippen molar-refractivity contribution in [1.29, 1.82) is 0 Å². The lowest BCUT2D eigenvalue weighted by Gasteiger charge is -2.37.